The first kappa shape index (κ1) is 28.7. The molecule has 1 unspecified atom stereocenters. The first-order valence-electron chi connectivity index (χ1n) is 13.6. The van der Waals surface area contributed by atoms with Crippen LogP contribution in [-0.2, 0) is 7.05 Å². The lowest BCUT2D eigenvalue weighted by Crippen LogP contribution is -2.32. The Morgan fingerprint density at radius 2 is 1.93 bits per heavy atom. The molecule has 3 heterocycles. The highest BCUT2D eigenvalue weighted by Gasteiger charge is 2.25. The van der Waals surface area contributed by atoms with Gasteiger partial charge in [0.25, 0.3) is 11.5 Å². The first-order valence-corrected chi connectivity index (χ1v) is 13.6. The molecule has 4 N–H and O–H groups in total. The van der Waals surface area contributed by atoms with E-state index in [4.69, 9.17) is 10.5 Å². The van der Waals surface area contributed by atoms with Gasteiger partial charge >= 0.3 is 0 Å². The Labute approximate surface area is 248 Å². The molecule has 3 aromatic heterocycles. The lowest BCUT2D eigenvalue weighted by atomic mass is 10.0. The van der Waals surface area contributed by atoms with Crippen molar-refractivity contribution in [3.05, 3.63) is 118 Å². The Balaban J connectivity index is 1.61. The van der Waals surface area contributed by atoms with E-state index in [-0.39, 0.29) is 16.9 Å². The van der Waals surface area contributed by atoms with Gasteiger partial charge in [0.15, 0.2) is 5.82 Å². The van der Waals surface area contributed by atoms with Crippen molar-refractivity contribution in [2.75, 3.05) is 24.7 Å². The zero-order chi connectivity index (χ0) is 30.5. The monoisotopic (exact) mass is 573 g/mol. The summed E-state index contributed by atoms with van der Waals surface area (Å²) in [6.07, 6.45) is 3.29. The van der Waals surface area contributed by atoms with Gasteiger partial charge in [0, 0.05) is 48.4 Å². The fourth-order valence-corrected chi connectivity index (χ4v) is 4.87. The van der Waals surface area contributed by atoms with Gasteiger partial charge in [-0.15, -0.1) is 6.58 Å². The normalized spacial score (nSPS) is 11.3. The summed E-state index contributed by atoms with van der Waals surface area (Å²) in [6.45, 7) is 5.96. The molecule has 10 nitrogen and oxygen atoms in total. The number of aryl methyl sites for hydroxylation is 1. The number of amides is 1. The number of carbonyl (C=O) groups is 1. The van der Waals surface area contributed by atoms with Gasteiger partial charge in [-0.25, -0.2) is 4.98 Å². The Kier molecular flexibility index (Phi) is 8.25. The topological polar surface area (TPSA) is 129 Å². The van der Waals surface area contributed by atoms with Crippen molar-refractivity contribution in [3.63, 3.8) is 0 Å². The summed E-state index contributed by atoms with van der Waals surface area (Å²) in [5.41, 5.74) is 8.60. The summed E-state index contributed by atoms with van der Waals surface area (Å²) in [7, 11) is 3.24. The number of hydrogen-bond donors (Lipinski definition) is 3. The molecule has 10 heteroatoms. The highest BCUT2D eigenvalue weighted by atomic mass is 16.5. The lowest BCUT2D eigenvalue weighted by molar-refractivity contribution is 0.0940. The second-order valence-corrected chi connectivity index (χ2v) is 9.75. The van der Waals surface area contributed by atoms with E-state index in [1.807, 2.05) is 61.5 Å². The van der Waals surface area contributed by atoms with Gasteiger partial charge in [0.05, 0.1) is 18.5 Å². The van der Waals surface area contributed by atoms with Crippen LogP contribution >= 0.6 is 0 Å². The van der Waals surface area contributed by atoms with Crippen molar-refractivity contribution in [1.82, 2.24) is 24.6 Å². The molecule has 1 atom stereocenters. The molecular formula is C33H31N7O3. The summed E-state index contributed by atoms with van der Waals surface area (Å²) in [5.74, 6) is 6.86. The minimum Gasteiger partial charge on any atom is -0.481 e. The summed E-state index contributed by atoms with van der Waals surface area (Å²) in [6, 6.07) is 19.6. The standard InChI is InChI=1S/C33H31N7O3/c1-5-17-36-31-29(30(34)38-39(31)3)32(41)37-21(2)26-20-24-11-9-10-23(15-14-22-16-18-35-27(19-22)43-4)28(24)33(42)40(26)25-12-7-6-8-13-25/h5-13,16,18-21,36H,1,17H2,2-4H3,(H2,34,38)(H,37,41). The van der Waals surface area contributed by atoms with Crippen molar-refractivity contribution in [2.24, 2.45) is 7.05 Å². The van der Waals surface area contributed by atoms with Crippen LogP contribution in [0.5, 0.6) is 5.88 Å². The van der Waals surface area contributed by atoms with Crippen LogP contribution in [0.15, 0.2) is 90.4 Å². The number of rotatable bonds is 8. The second-order valence-electron chi connectivity index (χ2n) is 9.75. The van der Waals surface area contributed by atoms with Gasteiger partial charge in [-0.1, -0.05) is 48.2 Å². The Morgan fingerprint density at radius 1 is 1.14 bits per heavy atom. The van der Waals surface area contributed by atoms with Gasteiger partial charge in [-0.2, -0.15) is 5.10 Å². The molecule has 0 aliphatic rings. The number of anilines is 2. The van der Waals surface area contributed by atoms with E-state index in [1.54, 1.807) is 43.1 Å². The number of benzene rings is 2. The third-order valence-corrected chi connectivity index (χ3v) is 6.88. The van der Waals surface area contributed by atoms with Gasteiger partial charge in [0.2, 0.25) is 5.88 Å². The third-order valence-electron chi connectivity index (χ3n) is 6.88. The minimum absolute atomic E-state index is 0.0905. The highest BCUT2D eigenvalue weighted by Crippen LogP contribution is 2.26. The van der Waals surface area contributed by atoms with Crippen molar-refractivity contribution in [3.8, 4) is 23.4 Å². The molecule has 216 valence electrons. The van der Waals surface area contributed by atoms with E-state index in [1.165, 1.54) is 4.68 Å². The fraction of sp³-hybridized carbons (Fsp3) is 0.152. The first-order chi connectivity index (χ1) is 20.8. The van der Waals surface area contributed by atoms with Crippen LogP contribution in [0, 0.1) is 11.8 Å². The Bertz CT molecular complexity index is 1950. The van der Waals surface area contributed by atoms with Crippen LogP contribution in [0.1, 0.15) is 40.1 Å². The number of nitrogens with two attached hydrogens (primary N) is 1. The molecule has 5 rings (SSSR count). The number of ether oxygens (including phenoxy) is 1. The van der Waals surface area contributed by atoms with E-state index in [0.29, 0.717) is 51.5 Å². The average Bonchev–Trinajstić information content (AvgIpc) is 3.31. The summed E-state index contributed by atoms with van der Waals surface area (Å²) >= 11 is 0. The molecule has 0 saturated heterocycles. The number of hydrogen-bond acceptors (Lipinski definition) is 7. The maximum atomic E-state index is 14.3. The molecule has 5 aromatic rings. The van der Waals surface area contributed by atoms with Crippen LogP contribution in [0.25, 0.3) is 16.5 Å². The van der Waals surface area contributed by atoms with Crippen LogP contribution in [0.4, 0.5) is 11.6 Å². The molecule has 0 fully saturated rings. The van der Waals surface area contributed by atoms with Gasteiger partial charge in [-0.05, 0) is 42.6 Å². The maximum Gasteiger partial charge on any atom is 0.264 e. The fourth-order valence-electron chi connectivity index (χ4n) is 4.87. The molecule has 0 radical (unpaired) electrons. The Hall–Kier alpha value is -5.82. The number of fused-ring (bicyclic) bond motifs is 1. The van der Waals surface area contributed by atoms with Crippen LogP contribution < -0.4 is 26.7 Å². The van der Waals surface area contributed by atoms with Crippen molar-refractivity contribution < 1.29 is 9.53 Å². The van der Waals surface area contributed by atoms with Crippen LogP contribution in [0.2, 0.25) is 0 Å². The number of carbonyl (C=O) groups excluding carboxylic acids is 1. The largest absolute Gasteiger partial charge is 0.481 e. The summed E-state index contributed by atoms with van der Waals surface area (Å²) < 4.78 is 8.32. The lowest BCUT2D eigenvalue weighted by Gasteiger charge is -2.21. The number of aromatic nitrogens is 4. The summed E-state index contributed by atoms with van der Waals surface area (Å²) in [4.78, 5) is 31.9. The number of nitrogen functional groups attached to an aromatic ring is 1. The number of methoxy groups -OCH3 is 1. The van der Waals surface area contributed by atoms with Crippen LogP contribution in [-0.4, -0.2) is 38.9 Å². The molecule has 0 aliphatic carbocycles. The zero-order valence-electron chi connectivity index (χ0n) is 24.1. The van der Waals surface area contributed by atoms with Gasteiger partial charge < -0.3 is 21.1 Å². The molecule has 2 aromatic carbocycles. The quantitative estimate of drug-likeness (QED) is 0.187. The van der Waals surface area contributed by atoms with Gasteiger partial charge in [0.1, 0.15) is 11.4 Å². The average molecular weight is 574 g/mol. The van der Waals surface area contributed by atoms with Crippen molar-refractivity contribution in [2.45, 2.75) is 13.0 Å². The number of para-hydroxylation sites is 1. The maximum absolute atomic E-state index is 14.3. The van der Waals surface area contributed by atoms with E-state index < -0.39 is 11.9 Å². The van der Waals surface area contributed by atoms with E-state index in [0.717, 1.165) is 0 Å². The minimum atomic E-state index is -0.587. The van der Waals surface area contributed by atoms with E-state index in [2.05, 4.69) is 39.1 Å². The molecule has 0 saturated carbocycles. The second kappa shape index (κ2) is 12.4. The number of pyridine rings is 2. The zero-order valence-corrected chi connectivity index (χ0v) is 24.1. The molecular weight excluding hydrogens is 542 g/mol. The van der Waals surface area contributed by atoms with E-state index >= 15 is 0 Å². The SMILES string of the molecule is C=CCNc1c(C(=O)NC(C)c2cc3cccc(C#Cc4ccnc(OC)c4)c3c(=O)n2-c2ccccc2)c(N)nn1C. The highest BCUT2D eigenvalue weighted by molar-refractivity contribution is 6.03. The molecule has 43 heavy (non-hydrogen) atoms. The Morgan fingerprint density at radius 3 is 2.67 bits per heavy atom. The number of nitrogens with one attached hydrogen (secondary N) is 2. The van der Waals surface area contributed by atoms with Gasteiger partial charge in [-0.3, -0.25) is 18.8 Å². The molecule has 0 spiro atoms. The summed E-state index contributed by atoms with van der Waals surface area (Å²) in [5, 5.41) is 11.5. The van der Waals surface area contributed by atoms with Crippen molar-refractivity contribution >= 4 is 28.3 Å². The smallest absolute Gasteiger partial charge is 0.264 e. The predicted octanol–water partition coefficient (Wildman–Crippen LogP) is 4.20. The molecule has 0 bridgehead atoms. The van der Waals surface area contributed by atoms with Crippen LogP contribution in [0.3, 0.4) is 0 Å². The van der Waals surface area contributed by atoms with Crippen molar-refractivity contribution in [1.29, 1.82) is 0 Å². The molecule has 1 amide bonds. The van der Waals surface area contributed by atoms with E-state index in [9.17, 15) is 9.59 Å². The molecule has 0 aliphatic heterocycles. The predicted molar refractivity (Wildman–Crippen MR) is 169 cm³/mol. The number of nitrogens with zero attached hydrogens (tertiary/aromatic N) is 4. The third kappa shape index (κ3) is 5.83.